The molecular formula is C15H15FN2O3. The molecule has 2 aromatic rings. The van der Waals surface area contributed by atoms with Crippen molar-refractivity contribution < 1.29 is 19.1 Å². The van der Waals surface area contributed by atoms with E-state index in [1.165, 1.54) is 19.2 Å². The van der Waals surface area contributed by atoms with Crippen LogP contribution >= 0.6 is 0 Å². The monoisotopic (exact) mass is 290 g/mol. The minimum atomic E-state index is -0.467. The Morgan fingerprint density at radius 2 is 2.00 bits per heavy atom. The summed E-state index contributed by atoms with van der Waals surface area (Å²) in [5.41, 5.74) is 6.39. The Kier molecular flexibility index (Phi) is 4.27. The van der Waals surface area contributed by atoms with Gasteiger partial charge in [0.1, 0.15) is 11.5 Å². The Labute approximate surface area is 121 Å². The summed E-state index contributed by atoms with van der Waals surface area (Å²) in [6, 6.07) is 9.55. The van der Waals surface area contributed by atoms with Gasteiger partial charge in [0.05, 0.1) is 12.7 Å². The number of benzene rings is 2. The van der Waals surface area contributed by atoms with Crippen LogP contribution in [0, 0.1) is 12.7 Å². The summed E-state index contributed by atoms with van der Waals surface area (Å²) in [5.74, 6) is 0.184. The minimum absolute atomic E-state index is 0.0512. The van der Waals surface area contributed by atoms with Gasteiger partial charge in [-0.1, -0.05) is 17.3 Å². The average molecular weight is 290 g/mol. The average Bonchev–Trinajstić information content (AvgIpc) is 2.51. The number of halogens is 1. The van der Waals surface area contributed by atoms with Crippen molar-refractivity contribution in [1.29, 1.82) is 0 Å². The van der Waals surface area contributed by atoms with E-state index in [4.69, 9.17) is 20.4 Å². The number of rotatable bonds is 4. The predicted octanol–water partition coefficient (Wildman–Crippen LogP) is 3.03. The highest BCUT2D eigenvalue weighted by molar-refractivity contribution is 5.99. The Bertz CT molecular complexity index is 687. The summed E-state index contributed by atoms with van der Waals surface area (Å²) in [4.78, 5) is 0. The van der Waals surface area contributed by atoms with E-state index in [1.54, 1.807) is 31.2 Å². The summed E-state index contributed by atoms with van der Waals surface area (Å²) >= 11 is 0. The molecule has 3 N–H and O–H groups in total. The van der Waals surface area contributed by atoms with Gasteiger partial charge in [0.2, 0.25) is 0 Å². The van der Waals surface area contributed by atoms with Gasteiger partial charge in [0, 0.05) is 6.07 Å². The van der Waals surface area contributed by atoms with E-state index in [9.17, 15) is 4.39 Å². The van der Waals surface area contributed by atoms with Crippen molar-refractivity contribution >= 4 is 5.84 Å². The summed E-state index contributed by atoms with van der Waals surface area (Å²) in [5, 5.41) is 11.7. The van der Waals surface area contributed by atoms with Crippen LogP contribution in [0.15, 0.2) is 41.6 Å². The maximum atomic E-state index is 14.0. The normalized spacial score (nSPS) is 11.3. The Hall–Kier alpha value is -2.76. The molecule has 0 saturated carbocycles. The lowest BCUT2D eigenvalue weighted by Crippen LogP contribution is -2.14. The van der Waals surface area contributed by atoms with Crippen LogP contribution in [0.3, 0.4) is 0 Å². The van der Waals surface area contributed by atoms with Crippen LogP contribution in [0.4, 0.5) is 4.39 Å². The number of nitrogens with zero attached hydrogens (tertiary/aromatic N) is 1. The fourth-order valence-corrected chi connectivity index (χ4v) is 1.80. The van der Waals surface area contributed by atoms with Crippen LogP contribution in [-0.4, -0.2) is 18.2 Å². The molecule has 6 heteroatoms. The van der Waals surface area contributed by atoms with Crippen LogP contribution in [0.2, 0.25) is 0 Å². The molecule has 0 aliphatic heterocycles. The third-order valence-electron chi connectivity index (χ3n) is 2.95. The second-order valence-corrected chi connectivity index (χ2v) is 4.34. The number of methoxy groups -OCH3 is 1. The Morgan fingerprint density at radius 3 is 2.67 bits per heavy atom. The molecule has 2 aromatic carbocycles. The standard InChI is InChI=1S/C15H15FN2O3/c1-9-4-3-5-12(14(9)16)21-13-8-10(20-2)6-7-11(13)15(17)18-19/h3-8,19H,1-2H3,(H2,17,18). The van der Waals surface area contributed by atoms with Crippen molar-refractivity contribution in [3.05, 3.63) is 53.3 Å². The van der Waals surface area contributed by atoms with Crippen molar-refractivity contribution in [2.24, 2.45) is 10.9 Å². The topological polar surface area (TPSA) is 77.1 Å². The maximum Gasteiger partial charge on any atom is 0.173 e. The molecule has 0 saturated heterocycles. The quantitative estimate of drug-likeness (QED) is 0.393. The van der Waals surface area contributed by atoms with Crippen molar-refractivity contribution in [2.75, 3.05) is 7.11 Å². The van der Waals surface area contributed by atoms with Gasteiger partial charge < -0.3 is 20.4 Å². The Morgan fingerprint density at radius 1 is 1.24 bits per heavy atom. The van der Waals surface area contributed by atoms with Crippen molar-refractivity contribution in [3.8, 4) is 17.2 Å². The van der Waals surface area contributed by atoms with E-state index in [0.717, 1.165) is 0 Å². The highest BCUT2D eigenvalue weighted by Crippen LogP contribution is 2.31. The molecule has 21 heavy (non-hydrogen) atoms. The molecule has 0 heterocycles. The van der Waals surface area contributed by atoms with Gasteiger partial charge >= 0.3 is 0 Å². The molecule has 0 atom stereocenters. The molecule has 0 bridgehead atoms. The Balaban J connectivity index is 2.48. The van der Waals surface area contributed by atoms with Crippen LogP contribution in [0.5, 0.6) is 17.2 Å². The van der Waals surface area contributed by atoms with E-state index in [2.05, 4.69) is 5.16 Å². The third-order valence-corrected chi connectivity index (χ3v) is 2.95. The summed E-state index contributed by atoms with van der Waals surface area (Å²) in [7, 11) is 1.50. The molecule has 5 nitrogen and oxygen atoms in total. The minimum Gasteiger partial charge on any atom is -0.497 e. The fraction of sp³-hybridized carbons (Fsp3) is 0.133. The molecule has 0 spiro atoms. The largest absolute Gasteiger partial charge is 0.497 e. The van der Waals surface area contributed by atoms with Gasteiger partial charge in [-0.3, -0.25) is 0 Å². The number of aryl methyl sites for hydroxylation is 1. The second-order valence-electron chi connectivity index (χ2n) is 4.34. The number of amidine groups is 1. The van der Waals surface area contributed by atoms with Crippen LogP contribution in [-0.2, 0) is 0 Å². The smallest absolute Gasteiger partial charge is 0.173 e. The fourth-order valence-electron chi connectivity index (χ4n) is 1.80. The zero-order valence-corrected chi connectivity index (χ0v) is 11.6. The first kappa shape index (κ1) is 14.6. The number of ether oxygens (including phenoxy) is 2. The molecule has 0 aromatic heterocycles. The van der Waals surface area contributed by atoms with Gasteiger partial charge in [-0.05, 0) is 30.7 Å². The van der Waals surface area contributed by atoms with Crippen molar-refractivity contribution in [2.45, 2.75) is 6.92 Å². The lowest BCUT2D eigenvalue weighted by Gasteiger charge is -2.13. The van der Waals surface area contributed by atoms with Gasteiger partial charge in [-0.15, -0.1) is 0 Å². The third kappa shape index (κ3) is 3.05. The lowest BCUT2D eigenvalue weighted by atomic mass is 10.1. The predicted molar refractivity (Wildman–Crippen MR) is 76.7 cm³/mol. The first-order chi connectivity index (χ1) is 10.1. The van der Waals surface area contributed by atoms with Gasteiger partial charge in [-0.2, -0.15) is 0 Å². The summed E-state index contributed by atoms with van der Waals surface area (Å²) in [6.45, 7) is 1.64. The molecule has 0 aliphatic rings. The molecule has 2 rings (SSSR count). The van der Waals surface area contributed by atoms with E-state index in [1.807, 2.05) is 0 Å². The number of hydrogen-bond donors (Lipinski definition) is 2. The van der Waals surface area contributed by atoms with Crippen molar-refractivity contribution in [1.82, 2.24) is 0 Å². The van der Waals surface area contributed by atoms with Crippen LogP contribution < -0.4 is 15.2 Å². The molecule has 0 amide bonds. The van der Waals surface area contributed by atoms with E-state index >= 15 is 0 Å². The van der Waals surface area contributed by atoms with Crippen LogP contribution in [0.1, 0.15) is 11.1 Å². The molecule has 0 radical (unpaired) electrons. The zero-order valence-electron chi connectivity index (χ0n) is 11.6. The number of nitrogens with two attached hydrogens (primary N) is 1. The van der Waals surface area contributed by atoms with E-state index in [0.29, 0.717) is 16.9 Å². The van der Waals surface area contributed by atoms with Gasteiger partial charge in [-0.25, -0.2) is 4.39 Å². The molecule has 0 fully saturated rings. The first-order valence-corrected chi connectivity index (χ1v) is 6.15. The molecule has 110 valence electrons. The summed E-state index contributed by atoms with van der Waals surface area (Å²) < 4.78 is 24.7. The second kappa shape index (κ2) is 6.13. The first-order valence-electron chi connectivity index (χ1n) is 6.15. The van der Waals surface area contributed by atoms with Crippen LogP contribution in [0.25, 0.3) is 0 Å². The zero-order chi connectivity index (χ0) is 15.4. The van der Waals surface area contributed by atoms with Gasteiger partial charge in [0.25, 0.3) is 0 Å². The molecule has 0 unspecified atom stereocenters. The maximum absolute atomic E-state index is 14.0. The highest BCUT2D eigenvalue weighted by Gasteiger charge is 2.14. The molecule has 0 aliphatic carbocycles. The number of hydrogen-bond acceptors (Lipinski definition) is 4. The van der Waals surface area contributed by atoms with E-state index in [-0.39, 0.29) is 17.3 Å². The molecular weight excluding hydrogens is 275 g/mol. The van der Waals surface area contributed by atoms with E-state index < -0.39 is 5.82 Å². The van der Waals surface area contributed by atoms with Gasteiger partial charge in [0.15, 0.2) is 17.4 Å². The van der Waals surface area contributed by atoms with Crippen molar-refractivity contribution in [3.63, 3.8) is 0 Å². The highest BCUT2D eigenvalue weighted by atomic mass is 19.1. The SMILES string of the molecule is COc1ccc(/C(N)=N/O)c(Oc2cccc(C)c2F)c1. The lowest BCUT2D eigenvalue weighted by molar-refractivity contribution is 0.318. The number of oxime groups is 1. The summed E-state index contributed by atoms with van der Waals surface area (Å²) in [6.07, 6.45) is 0.